The maximum absolute atomic E-state index is 12.1. The molecule has 22 heavy (non-hydrogen) atoms. The molecule has 0 amide bonds. The van der Waals surface area contributed by atoms with Gasteiger partial charge in [-0.2, -0.15) is 4.98 Å². The number of aromatic nitrogens is 4. The molecule has 5 N–H and O–H groups in total. The zero-order valence-electron chi connectivity index (χ0n) is 11.5. The Morgan fingerprint density at radius 2 is 2.18 bits per heavy atom. The van der Waals surface area contributed by atoms with Crippen LogP contribution in [0, 0.1) is 0 Å². The van der Waals surface area contributed by atoms with Crippen LogP contribution in [0.2, 0.25) is 0 Å². The molecule has 0 spiro atoms. The standard InChI is InChI=1S/C11H15N5O6/c1-21-16-9(20)5-8(14-11(16)12)15(3-13-5)10-7(19)6(18)4(2-17)22-10/h3-4,6-7,10,17-19H,2H2,1H3,(H2,12,14)/t4-,6-,7-,10-/m1/s1. The van der Waals surface area contributed by atoms with Gasteiger partial charge in [0, 0.05) is 0 Å². The van der Waals surface area contributed by atoms with Crippen LogP contribution < -0.4 is 16.1 Å². The summed E-state index contributed by atoms with van der Waals surface area (Å²) in [5.74, 6) is -0.200. The van der Waals surface area contributed by atoms with Crippen molar-refractivity contribution >= 4 is 17.1 Å². The van der Waals surface area contributed by atoms with Crippen molar-refractivity contribution in [2.45, 2.75) is 24.5 Å². The first-order valence-electron chi connectivity index (χ1n) is 6.41. The Bertz CT molecular complexity index is 757. The number of fused-ring (bicyclic) bond motifs is 1. The number of hydrogen-bond donors (Lipinski definition) is 4. The molecule has 11 heteroatoms. The van der Waals surface area contributed by atoms with Gasteiger partial charge in [0.25, 0.3) is 0 Å². The molecule has 0 bridgehead atoms. The lowest BCUT2D eigenvalue weighted by Gasteiger charge is -2.16. The molecule has 4 atom stereocenters. The van der Waals surface area contributed by atoms with Gasteiger partial charge in [0.1, 0.15) is 25.4 Å². The van der Waals surface area contributed by atoms with Crippen LogP contribution in [0.1, 0.15) is 6.23 Å². The first-order chi connectivity index (χ1) is 10.5. The van der Waals surface area contributed by atoms with Gasteiger partial charge in [-0.3, -0.25) is 9.36 Å². The Morgan fingerprint density at radius 1 is 1.45 bits per heavy atom. The van der Waals surface area contributed by atoms with Crippen molar-refractivity contribution in [3.63, 3.8) is 0 Å². The second-order valence-corrected chi connectivity index (χ2v) is 4.81. The Labute approximate surface area is 123 Å². The minimum atomic E-state index is -1.32. The highest BCUT2D eigenvalue weighted by molar-refractivity contribution is 5.70. The van der Waals surface area contributed by atoms with Gasteiger partial charge in [0.05, 0.1) is 12.9 Å². The zero-order chi connectivity index (χ0) is 16.0. The van der Waals surface area contributed by atoms with Crippen LogP contribution in [0.5, 0.6) is 0 Å². The van der Waals surface area contributed by atoms with E-state index in [0.29, 0.717) is 0 Å². The fraction of sp³-hybridized carbons (Fsp3) is 0.545. The fourth-order valence-corrected chi connectivity index (χ4v) is 2.44. The summed E-state index contributed by atoms with van der Waals surface area (Å²) < 4.78 is 7.43. The summed E-state index contributed by atoms with van der Waals surface area (Å²) in [7, 11) is 1.26. The van der Waals surface area contributed by atoms with Crippen LogP contribution in [-0.2, 0) is 4.74 Å². The summed E-state index contributed by atoms with van der Waals surface area (Å²) in [6.45, 7) is -0.465. The second-order valence-electron chi connectivity index (χ2n) is 4.81. The molecule has 0 radical (unpaired) electrons. The molecule has 3 heterocycles. The van der Waals surface area contributed by atoms with E-state index in [1.807, 2.05) is 0 Å². The van der Waals surface area contributed by atoms with E-state index in [1.54, 1.807) is 0 Å². The van der Waals surface area contributed by atoms with Crippen LogP contribution in [-0.4, -0.2) is 66.6 Å². The van der Waals surface area contributed by atoms with E-state index in [9.17, 15) is 15.0 Å². The molecular formula is C11H15N5O6. The smallest absolute Gasteiger partial charge is 0.316 e. The number of nitrogen functional groups attached to an aromatic ring is 1. The highest BCUT2D eigenvalue weighted by Gasteiger charge is 2.44. The first-order valence-corrected chi connectivity index (χ1v) is 6.41. The molecule has 0 unspecified atom stereocenters. The lowest BCUT2D eigenvalue weighted by atomic mass is 10.1. The van der Waals surface area contributed by atoms with Crippen LogP contribution in [0.4, 0.5) is 5.95 Å². The summed E-state index contributed by atoms with van der Waals surface area (Å²) in [5, 5.41) is 28.9. The van der Waals surface area contributed by atoms with Gasteiger partial charge in [0.2, 0.25) is 5.95 Å². The van der Waals surface area contributed by atoms with E-state index < -0.39 is 36.7 Å². The third kappa shape index (κ3) is 1.94. The topological polar surface area (TPSA) is 158 Å². The van der Waals surface area contributed by atoms with Crippen molar-refractivity contribution in [3.05, 3.63) is 16.7 Å². The number of hydrogen-bond acceptors (Lipinski definition) is 9. The predicted octanol–water partition coefficient (Wildman–Crippen LogP) is -3.15. The molecular weight excluding hydrogens is 298 g/mol. The van der Waals surface area contributed by atoms with Crippen LogP contribution in [0.15, 0.2) is 11.1 Å². The van der Waals surface area contributed by atoms with Crippen molar-refractivity contribution in [1.29, 1.82) is 0 Å². The third-order valence-electron chi connectivity index (χ3n) is 3.56. The minimum Gasteiger partial charge on any atom is -0.411 e. The molecule has 0 aliphatic carbocycles. The van der Waals surface area contributed by atoms with Crippen molar-refractivity contribution < 1.29 is 24.9 Å². The number of imidazole rings is 1. The number of aliphatic hydroxyl groups is 3. The van der Waals surface area contributed by atoms with Gasteiger partial charge in [-0.25, -0.2) is 4.98 Å². The van der Waals surface area contributed by atoms with Crippen molar-refractivity contribution in [2.75, 3.05) is 19.5 Å². The van der Waals surface area contributed by atoms with Crippen molar-refractivity contribution in [1.82, 2.24) is 19.3 Å². The van der Waals surface area contributed by atoms with Crippen LogP contribution >= 0.6 is 0 Å². The molecule has 3 rings (SSSR count). The maximum Gasteiger partial charge on any atom is 0.316 e. The van der Waals surface area contributed by atoms with Crippen LogP contribution in [0.25, 0.3) is 11.2 Å². The first kappa shape index (κ1) is 14.7. The van der Waals surface area contributed by atoms with E-state index in [-0.39, 0.29) is 17.1 Å². The number of nitrogens with two attached hydrogens (primary N) is 1. The average Bonchev–Trinajstić information content (AvgIpc) is 3.02. The van der Waals surface area contributed by atoms with Gasteiger partial charge in [0.15, 0.2) is 17.4 Å². The molecule has 0 aromatic carbocycles. The molecule has 120 valence electrons. The zero-order valence-corrected chi connectivity index (χ0v) is 11.5. The number of aliphatic hydroxyl groups excluding tert-OH is 3. The summed E-state index contributed by atoms with van der Waals surface area (Å²) >= 11 is 0. The number of rotatable bonds is 3. The van der Waals surface area contributed by atoms with E-state index >= 15 is 0 Å². The molecule has 1 fully saturated rings. The summed E-state index contributed by atoms with van der Waals surface area (Å²) in [6, 6.07) is 0. The normalized spacial score (nSPS) is 28.4. The Morgan fingerprint density at radius 3 is 2.77 bits per heavy atom. The van der Waals surface area contributed by atoms with E-state index in [0.717, 1.165) is 4.73 Å². The molecule has 1 aliphatic rings. The molecule has 1 saturated heterocycles. The predicted molar refractivity (Wildman–Crippen MR) is 71.7 cm³/mol. The number of ether oxygens (including phenoxy) is 1. The molecule has 2 aromatic rings. The lowest BCUT2D eigenvalue weighted by molar-refractivity contribution is -0.0511. The van der Waals surface area contributed by atoms with Gasteiger partial charge < -0.3 is 30.6 Å². The summed E-state index contributed by atoms with van der Waals surface area (Å²) in [6.07, 6.45) is -3.36. The van der Waals surface area contributed by atoms with E-state index in [2.05, 4.69) is 9.97 Å². The summed E-state index contributed by atoms with van der Waals surface area (Å²) in [5.41, 5.74) is 5.06. The third-order valence-corrected chi connectivity index (χ3v) is 3.56. The highest BCUT2D eigenvalue weighted by Crippen LogP contribution is 2.30. The second kappa shape index (κ2) is 5.21. The fourth-order valence-electron chi connectivity index (χ4n) is 2.44. The lowest BCUT2D eigenvalue weighted by Crippen LogP contribution is -2.33. The molecule has 2 aromatic heterocycles. The van der Waals surface area contributed by atoms with E-state index in [4.69, 9.17) is 20.4 Å². The van der Waals surface area contributed by atoms with Crippen molar-refractivity contribution in [2.24, 2.45) is 0 Å². The number of nitrogens with zero attached hydrogens (tertiary/aromatic N) is 4. The average molecular weight is 313 g/mol. The van der Waals surface area contributed by atoms with Crippen LogP contribution in [0.3, 0.4) is 0 Å². The Balaban J connectivity index is 2.12. The van der Waals surface area contributed by atoms with E-state index in [1.165, 1.54) is 18.0 Å². The minimum absolute atomic E-state index is 0.0335. The molecule has 11 nitrogen and oxygen atoms in total. The van der Waals surface area contributed by atoms with Gasteiger partial charge in [-0.05, 0) is 0 Å². The SMILES string of the molecule is COn1c(N)nc2c(ncn2[C@@H]2O[C@H](CO)[C@@H](O)[C@H]2O)c1=O. The molecule has 0 saturated carbocycles. The van der Waals surface area contributed by atoms with Gasteiger partial charge >= 0.3 is 5.56 Å². The Hall–Kier alpha value is -2.21. The quantitative estimate of drug-likeness (QED) is 0.459. The molecule has 1 aliphatic heterocycles. The van der Waals surface area contributed by atoms with Gasteiger partial charge in [-0.1, -0.05) is 0 Å². The Kier molecular flexibility index (Phi) is 3.48. The largest absolute Gasteiger partial charge is 0.411 e. The monoisotopic (exact) mass is 313 g/mol. The number of anilines is 1. The maximum atomic E-state index is 12.1. The van der Waals surface area contributed by atoms with Gasteiger partial charge in [-0.15, -0.1) is 4.73 Å². The highest BCUT2D eigenvalue weighted by atomic mass is 16.7. The summed E-state index contributed by atoms with van der Waals surface area (Å²) in [4.78, 5) is 24.9. The van der Waals surface area contributed by atoms with Crippen molar-refractivity contribution in [3.8, 4) is 0 Å².